The second kappa shape index (κ2) is 6.64. The van der Waals surface area contributed by atoms with Crippen LogP contribution in [-0.2, 0) is 6.18 Å². The minimum absolute atomic E-state index is 0.0216. The van der Waals surface area contributed by atoms with Crippen molar-refractivity contribution in [2.45, 2.75) is 6.18 Å². The van der Waals surface area contributed by atoms with E-state index < -0.39 is 17.0 Å². The van der Waals surface area contributed by atoms with Gasteiger partial charge in [-0.1, -0.05) is 24.3 Å². The first-order valence-electron chi connectivity index (χ1n) is 7.08. The molecule has 0 bridgehead atoms. The number of rotatable bonds is 2. The Morgan fingerprint density at radius 2 is 1.88 bits per heavy atom. The molecule has 4 nitrogen and oxygen atoms in total. The van der Waals surface area contributed by atoms with Gasteiger partial charge >= 0.3 is 6.18 Å². The predicted molar refractivity (Wildman–Crippen MR) is 90.7 cm³/mol. The van der Waals surface area contributed by atoms with Gasteiger partial charge in [0.05, 0.1) is 16.2 Å². The van der Waals surface area contributed by atoms with Crippen LogP contribution in [-0.4, -0.2) is 16.2 Å². The van der Waals surface area contributed by atoms with Crippen LogP contribution in [0.2, 0.25) is 0 Å². The molecular formula is C17H11F3N2O2S. The van der Waals surface area contributed by atoms with Crippen LogP contribution >= 0.6 is 11.8 Å². The Morgan fingerprint density at radius 1 is 1.12 bits per heavy atom. The zero-order valence-electron chi connectivity index (χ0n) is 12.5. The first-order valence-corrected chi connectivity index (χ1v) is 7.89. The van der Waals surface area contributed by atoms with Crippen LogP contribution in [0.4, 0.5) is 23.7 Å². The van der Waals surface area contributed by atoms with Gasteiger partial charge < -0.3 is 10.4 Å². The summed E-state index contributed by atoms with van der Waals surface area (Å²) in [7, 11) is 0. The molecule has 0 saturated carbocycles. The molecule has 0 radical (unpaired) electrons. The van der Waals surface area contributed by atoms with Gasteiger partial charge in [-0.3, -0.25) is 4.79 Å². The third-order valence-corrected chi connectivity index (χ3v) is 4.11. The molecule has 8 heteroatoms. The van der Waals surface area contributed by atoms with Crippen molar-refractivity contribution in [1.29, 1.82) is 0 Å². The van der Waals surface area contributed by atoms with Crippen molar-refractivity contribution in [1.82, 2.24) is 5.32 Å². The van der Waals surface area contributed by atoms with E-state index in [1.165, 1.54) is 18.2 Å². The third kappa shape index (κ3) is 4.03. The summed E-state index contributed by atoms with van der Waals surface area (Å²) < 4.78 is 38.4. The minimum atomic E-state index is -4.47. The van der Waals surface area contributed by atoms with E-state index in [2.05, 4.69) is 10.3 Å². The maximum absolute atomic E-state index is 12.8. The molecule has 2 N–H and O–H groups in total. The summed E-state index contributed by atoms with van der Waals surface area (Å²) in [4.78, 5) is 16.2. The number of hydrogen-bond acceptors (Lipinski definition) is 4. The van der Waals surface area contributed by atoms with Crippen molar-refractivity contribution in [3.63, 3.8) is 0 Å². The molecule has 1 amide bonds. The Hall–Kier alpha value is -2.74. The number of phenolic OH excluding ortho intramolecular Hbond substituents is 1. The van der Waals surface area contributed by atoms with Gasteiger partial charge in [0.15, 0.2) is 0 Å². The van der Waals surface area contributed by atoms with E-state index in [9.17, 15) is 23.1 Å². The largest absolute Gasteiger partial charge is 0.507 e. The van der Waals surface area contributed by atoms with Crippen molar-refractivity contribution < 1.29 is 23.1 Å². The van der Waals surface area contributed by atoms with Gasteiger partial charge in [0.25, 0.3) is 5.24 Å². The van der Waals surface area contributed by atoms with Crippen molar-refractivity contribution in [3.8, 4) is 5.75 Å². The summed E-state index contributed by atoms with van der Waals surface area (Å²) in [6.45, 7) is 0. The normalized spacial score (nSPS) is 18.0. The Labute approximate surface area is 145 Å². The number of phenols is 1. The maximum atomic E-state index is 12.8. The highest BCUT2D eigenvalue weighted by molar-refractivity contribution is 8.18. The van der Waals surface area contributed by atoms with Crippen LogP contribution in [0.1, 0.15) is 11.1 Å². The average Bonchev–Trinajstić information content (AvgIpc) is 2.88. The Balaban J connectivity index is 1.99. The summed E-state index contributed by atoms with van der Waals surface area (Å²) in [5, 5.41) is 11.9. The van der Waals surface area contributed by atoms with Crippen molar-refractivity contribution >= 4 is 34.6 Å². The van der Waals surface area contributed by atoms with E-state index in [1.54, 1.807) is 24.3 Å². The lowest BCUT2D eigenvalue weighted by Gasteiger charge is -2.07. The molecular weight excluding hydrogens is 353 g/mol. The molecule has 0 aromatic heterocycles. The SMILES string of the molecule is O=C1NC(=Nc2cccc(C(F)(F)F)c2)/C(=C/c2ccccc2O)S1. The summed E-state index contributed by atoms with van der Waals surface area (Å²) in [6.07, 6.45) is -2.93. The van der Waals surface area contributed by atoms with E-state index in [-0.39, 0.29) is 17.3 Å². The molecule has 1 aliphatic heterocycles. The zero-order chi connectivity index (χ0) is 18.0. The van der Waals surface area contributed by atoms with E-state index in [1.807, 2.05) is 0 Å². The van der Waals surface area contributed by atoms with Gasteiger partial charge in [0.2, 0.25) is 0 Å². The fourth-order valence-electron chi connectivity index (χ4n) is 2.14. The first-order chi connectivity index (χ1) is 11.8. The standard InChI is InChI=1S/C17H11F3N2O2S/c18-17(19,20)11-5-3-6-12(9-11)21-15-14(25-16(24)22-15)8-10-4-1-2-7-13(10)23/h1-9,23H,(H,21,22,24)/b14-8-. The summed E-state index contributed by atoms with van der Waals surface area (Å²) in [5.74, 6) is 0.158. The second-order valence-corrected chi connectivity index (χ2v) is 6.11. The van der Waals surface area contributed by atoms with Crippen LogP contribution in [0.3, 0.4) is 0 Å². The lowest BCUT2D eigenvalue weighted by atomic mass is 10.2. The smallest absolute Gasteiger partial charge is 0.416 e. The number of hydrogen-bond donors (Lipinski definition) is 2. The van der Waals surface area contributed by atoms with E-state index in [0.29, 0.717) is 10.5 Å². The number of aromatic hydroxyl groups is 1. The summed E-state index contributed by atoms with van der Waals surface area (Å²) in [6, 6.07) is 11.0. The number of aliphatic imine (C=N–C) groups is 1. The third-order valence-electron chi connectivity index (χ3n) is 3.29. The molecule has 3 rings (SSSR count). The number of amidine groups is 1. The summed E-state index contributed by atoms with van der Waals surface area (Å²) in [5.41, 5.74) is -0.286. The fourth-order valence-corrected chi connectivity index (χ4v) is 2.87. The molecule has 0 spiro atoms. The van der Waals surface area contributed by atoms with Crippen LogP contribution in [0, 0.1) is 0 Å². The van der Waals surface area contributed by atoms with E-state index in [4.69, 9.17) is 0 Å². The fraction of sp³-hybridized carbons (Fsp3) is 0.0588. The number of benzene rings is 2. The number of nitrogens with zero attached hydrogens (tertiary/aromatic N) is 1. The number of carbonyl (C=O) groups excluding carboxylic acids is 1. The number of para-hydroxylation sites is 1. The highest BCUT2D eigenvalue weighted by Crippen LogP contribution is 2.33. The Bertz CT molecular complexity index is 891. The van der Waals surface area contributed by atoms with Crippen LogP contribution < -0.4 is 5.32 Å². The number of amides is 1. The molecule has 1 heterocycles. The van der Waals surface area contributed by atoms with Crippen molar-refractivity contribution in [2.75, 3.05) is 0 Å². The molecule has 0 atom stereocenters. The molecule has 1 saturated heterocycles. The topological polar surface area (TPSA) is 61.7 Å². The molecule has 0 unspecified atom stereocenters. The zero-order valence-corrected chi connectivity index (χ0v) is 13.4. The molecule has 2 aromatic carbocycles. The molecule has 0 aliphatic carbocycles. The van der Waals surface area contributed by atoms with Gasteiger partial charge in [-0.15, -0.1) is 0 Å². The van der Waals surface area contributed by atoms with Crippen LogP contribution in [0.25, 0.3) is 6.08 Å². The van der Waals surface area contributed by atoms with Crippen molar-refractivity contribution in [3.05, 3.63) is 64.6 Å². The lowest BCUT2D eigenvalue weighted by Crippen LogP contribution is -2.18. The first kappa shape index (κ1) is 17.1. The lowest BCUT2D eigenvalue weighted by molar-refractivity contribution is -0.137. The number of alkyl halides is 3. The monoisotopic (exact) mass is 364 g/mol. The van der Waals surface area contributed by atoms with Gasteiger partial charge in [0, 0.05) is 5.56 Å². The number of thioether (sulfide) groups is 1. The molecule has 2 aromatic rings. The van der Waals surface area contributed by atoms with E-state index >= 15 is 0 Å². The number of halogens is 3. The second-order valence-electron chi connectivity index (χ2n) is 5.09. The minimum Gasteiger partial charge on any atom is -0.507 e. The molecule has 128 valence electrons. The average molecular weight is 364 g/mol. The molecule has 1 fully saturated rings. The summed E-state index contributed by atoms with van der Waals surface area (Å²) >= 11 is 0.853. The van der Waals surface area contributed by atoms with Crippen molar-refractivity contribution in [2.24, 2.45) is 4.99 Å². The quantitative estimate of drug-likeness (QED) is 0.794. The van der Waals surface area contributed by atoms with Crippen LogP contribution in [0.5, 0.6) is 5.75 Å². The molecule has 25 heavy (non-hydrogen) atoms. The maximum Gasteiger partial charge on any atom is 0.416 e. The van der Waals surface area contributed by atoms with Crippen LogP contribution in [0.15, 0.2) is 58.4 Å². The highest BCUT2D eigenvalue weighted by Gasteiger charge is 2.30. The van der Waals surface area contributed by atoms with E-state index in [0.717, 1.165) is 23.9 Å². The molecule has 1 aliphatic rings. The predicted octanol–water partition coefficient (Wildman–Crippen LogP) is 4.94. The highest BCUT2D eigenvalue weighted by atomic mass is 32.2. The number of nitrogens with one attached hydrogen (secondary N) is 1. The van der Waals surface area contributed by atoms with Gasteiger partial charge in [-0.2, -0.15) is 13.2 Å². The number of carbonyl (C=O) groups is 1. The van der Waals surface area contributed by atoms with Gasteiger partial charge in [-0.05, 0) is 42.1 Å². The van der Waals surface area contributed by atoms with Gasteiger partial charge in [-0.25, -0.2) is 4.99 Å². The Morgan fingerprint density at radius 3 is 2.60 bits per heavy atom. The van der Waals surface area contributed by atoms with Gasteiger partial charge in [0.1, 0.15) is 11.6 Å². The Kier molecular flexibility index (Phi) is 4.54.